The van der Waals surface area contributed by atoms with Gasteiger partial charge in [0, 0.05) is 82.7 Å². The number of fused-ring (bicyclic) bond motifs is 5. The summed E-state index contributed by atoms with van der Waals surface area (Å²) in [6.07, 6.45) is 36.8. The van der Waals surface area contributed by atoms with Crippen molar-refractivity contribution in [3.63, 3.8) is 0 Å². The summed E-state index contributed by atoms with van der Waals surface area (Å²) in [4.78, 5) is 26.6. The monoisotopic (exact) mass is 1610 g/mol. The molecule has 4 fully saturated rings. The van der Waals surface area contributed by atoms with Gasteiger partial charge in [0.25, 0.3) is 0 Å². The molecule has 4 aliphatic carbocycles. The fourth-order valence-electron chi connectivity index (χ4n) is 16.2. The summed E-state index contributed by atoms with van der Waals surface area (Å²) in [5.41, 5.74) is 12.5. The number of phenols is 2. The van der Waals surface area contributed by atoms with Gasteiger partial charge >= 0.3 is 0 Å². The number of rotatable bonds is 19. The van der Waals surface area contributed by atoms with Crippen LogP contribution in [0.25, 0.3) is 72.8 Å². The Morgan fingerprint density at radius 2 is 0.845 bits per heavy atom. The average molecular weight is 1620 g/mol. The lowest BCUT2D eigenvalue weighted by Crippen LogP contribution is -2.23. The van der Waals surface area contributed by atoms with Gasteiger partial charge < -0.3 is 50.7 Å². The normalized spacial score (nSPS) is 14.9. The van der Waals surface area contributed by atoms with E-state index in [2.05, 4.69) is 106 Å². The number of benzene rings is 3. The van der Waals surface area contributed by atoms with E-state index in [9.17, 15) is 10.2 Å². The van der Waals surface area contributed by atoms with E-state index < -0.39 is 0 Å². The number of aromatic nitrogens is 10. The summed E-state index contributed by atoms with van der Waals surface area (Å²) in [5.74, 6) is 7.48. The molecule has 23 heteroatoms. The molecule has 0 unspecified atom stereocenters. The van der Waals surface area contributed by atoms with Gasteiger partial charge in [-0.2, -0.15) is 0 Å². The summed E-state index contributed by atoms with van der Waals surface area (Å²) in [5, 5.41) is 39.6. The van der Waals surface area contributed by atoms with E-state index in [1.807, 2.05) is 157 Å². The van der Waals surface area contributed by atoms with E-state index >= 15 is 0 Å². The molecule has 0 bridgehead atoms. The molecule has 3 aromatic carbocycles. The predicted molar refractivity (Wildman–Crippen MR) is 474 cm³/mol. The van der Waals surface area contributed by atoms with Gasteiger partial charge in [-0.3, -0.25) is 22.0 Å². The average Bonchev–Trinajstić information content (AvgIpc) is 1.68. The molecule has 0 radical (unpaired) electrons. The Morgan fingerprint density at radius 1 is 0.431 bits per heavy atom. The molecule has 0 atom stereocenters. The van der Waals surface area contributed by atoms with Gasteiger partial charge in [0.2, 0.25) is 0 Å². The minimum absolute atomic E-state index is 0.126. The first-order chi connectivity index (χ1) is 56.8. The molecule has 19 rings (SSSR count). The van der Waals surface area contributed by atoms with Crippen molar-refractivity contribution < 1.29 is 24.1 Å². The first-order valence-corrected chi connectivity index (χ1v) is 42.9. The van der Waals surface area contributed by atoms with Crippen LogP contribution in [-0.4, -0.2) is 95.5 Å². The Hall–Kier alpha value is -11.1. The van der Waals surface area contributed by atoms with E-state index in [1.54, 1.807) is 38.5 Å². The van der Waals surface area contributed by atoms with E-state index in [-0.39, 0.29) is 11.5 Å². The molecule has 0 saturated heterocycles. The van der Waals surface area contributed by atoms with Crippen LogP contribution in [0.2, 0.25) is 10.2 Å². The van der Waals surface area contributed by atoms with Crippen molar-refractivity contribution >= 4 is 91.9 Å². The van der Waals surface area contributed by atoms with Crippen LogP contribution in [0.15, 0.2) is 211 Å². The summed E-state index contributed by atoms with van der Waals surface area (Å²) in [6.45, 7) is 7.28. The van der Waals surface area contributed by atoms with Crippen molar-refractivity contribution in [1.82, 2.24) is 46.9 Å². The minimum Gasteiger partial charge on any atom is -0.504 e. The van der Waals surface area contributed by atoms with Crippen LogP contribution in [-0.2, 0) is 13.0 Å². The zero-order valence-electron chi connectivity index (χ0n) is 66.8. The number of anilines is 5. The zero-order valence-corrected chi connectivity index (χ0v) is 69.2. The molecule has 12 aromatic heterocycles. The Balaban J connectivity index is 0.000000114. The van der Waals surface area contributed by atoms with Gasteiger partial charge in [0.1, 0.15) is 80.1 Å². The number of pyridine rings is 5. The number of hydrogen-bond acceptors (Lipinski definition) is 16. The standard InChI is InChI=1S/2C20H23N3O2.C19H23N3S.C17H18ClN3O.C17H18ClN3/c1-25-17-11-10-14(13-16(17)24)19-20(21-15-7-3-2-4-8-15)23-12-6-5-9-18(23)22-19;1-25-17-13-14(10-11-16(17)24)19-20(21-15-7-3-2-4-8-15)23-12-6-5-9-18(23)22-19;1-2-15-11-12-16(23-15)18-19(20-14-8-4-3-5-9-14)22-13-7-6-10-17(22)21-18;18-14-10-9-13(22-14)16-17(19-12-6-2-1-3-7-12)21-11-5-4-8-15(21)20-16;1-12(2)16-17(21-10-4-3-5-15(21)20-16)19-11-13-6-8-14(18)9-7-13/h2*5-6,9-13,15,21,24H,2-4,7-8H2,1H3;6-7,10-14,20H,2-5,8-9H2,1H3;4-5,8-12,19H,1-3,6-7H2;3-10,12,19H,11H2,1-2H3. The molecule has 0 amide bonds. The highest BCUT2D eigenvalue weighted by molar-refractivity contribution is 7.15. The highest BCUT2D eigenvalue weighted by Crippen LogP contribution is 2.41. The number of ether oxygens (including phenoxy) is 2. The number of methoxy groups -OCH3 is 2. The van der Waals surface area contributed by atoms with Crippen LogP contribution in [0.5, 0.6) is 23.0 Å². The van der Waals surface area contributed by atoms with Crippen LogP contribution in [0, 0.1) is 0 Å². The van der Waals surface area contributed by atoms with Crippen LogP contribution in [0.1, 0.15) is 171 Å². The number of nitrogens with one attached hydrogen (secondary N) is 5. The quantitative estimate of drug-likeness (QED) is 0.0400. The van der Waals surface area contributed by atoms with E-state index in [0.29, 0.717) is 52.6 Å². The lowest BCUT2D eigenvalue weighted by molar-refractivity contribution is 0.373. The molecule has 0 spiro atoms. The van der Waals surface area contributed by atoms with Crippen molar-refractivity contribution in [2.75, 3.05) is 40.8 Å². The second-order valence-corrected chi connectivity index (χ2v) is 32.8. The Kier molecular flexibility index (Phi) is 26.3. The fourth-order valence-corrected chi connectivity index (χ4v) is 17.4. The molecule has 15 aromatic rings. The number of halogens is 2. The van der Waals surface area contributed by atoms with Gasteiger partial charge in [-0.1, -0.05) is 152 Å². The molecule has 602 valence electrons. The molecule has 7 N–H and O–H groups in total. The molecule has 0 aliphatic heterocycles. The van der Waals surface area contributed by atoms with Crippen LogP contribution >= 0.6 is 34.5 Å². The predicted octanol–water partition coefficient (Wildman–Crippen LogP) is 24.0. The summed E-state index contributed by atoms with van der Waals surface area (Å²) < 4.78 is 26.6. The lowest BCUT2D eigenvalue weighted by atomic mass is 9.95. The van der Waals surface area contributed by atoms with Gasteiger partial charge in [-0.05, 0) is 214 Å². The molecule has 4 saturated carbocycles. The van der Waals surface area contributed by atoms with Crippen molar-refractivity contribution in [2.45, 2.75) is 192 Å². The summed E-state index contributed by atoms with van der Waals surface area (Å²) >= 11 is 13.7. The third-order valence-corrected chi connectivity index (χ3v) is 24.0. The largest absolute Gasteiger partial charge is 0.504 e. The van der Waals surface area contributed by atoms with Crippen molar-refractivity contribution in [2.24, 2.45) is 0 Å². The van der Waals surface area contributed by atoms with Crippen molar-refractivity contribution in [1.29, 1.82) is 0 Å². The van der Waals surface area contributed by atoms with Crippen LogP contribution in [0.4, 0.5) is 29.1 Å². The van der Waals surface area contributed by atoms with Crippen LogP contribution in [0.3, 0.4) is 0 Å². The molecule has 12 heterocycles. The van der Waals surface area contributed by atoms with Crippen molar-refractivity contribution in [3.05, 3.63) is 233 Å². The second kappa shape index (κ2) is 38.1. The Bertz CT molecular complexity index is 5720. The number of hydrogen-bond donors (Lipinski definition) is 7. The summed E-state index contributed by atoms with van der Waals surface area (Å²) in [7, 11) is 3.11. The minimum atomic E-state index is 0.126. The maximum Gasteiger partial charge on any atom is 0.194 e. The number of thiophene rings is 1. The fraction of sp³-hybridized carbons (Fsp3) is 0.344. The number of aromatic hydroxyl groups is 2. The first kappa shape index (κ1) is 80.1. The SMILES string of the molecule is CC(C)c1nc2ccccn2c1NCc1ccc(Cl)cc1.CCc1ccc(-c2nc3ccccn3c2NC2CCCCC2)s1.COc1cc(-c2nc3ccccn3c2NC2CCCCC2)ccc1O.COc1ccc(-c2nc3ccccn3c2NC2CCCCC2)cc1O.Clc1ccc(-c2nc3ccccn3c2NC2CCCCC2)o1. The van der Waals surface area contributed by atoms with Crippen LogP contribution < -0.4 is 36.1 Å². The highest BCUT2D eigenvalue weighted by atomic mass is 35.5. The second-order valence-electron chi connectivity index (χ2n) is 30.8. The first-order valence-electron chi connectivity index (χ1n) is 41.3. The van der Waals surface area contributed by atoms with E-state index in [0.717, 1.165) is 115 Å². The molecule has 4 aliphatic rings. The van der Waals surface area contributed by atoms with E-state index in [1.165, 1.54) is 144 Å². The number of furan rings is 1. The molecular formula is C93H105Cl2N15O5S. The number of aryl methyl sites for hydroxylation is 1. The molecule has 20 nitrogen and oxygen atoms in total. The highest BCUT2D eigenvalue weighted by Gasteiger charge is 2.27. The van der Waals surface area contributed by atoms with Crippen molar-refractivity contribution in [3.8, 4) is 67.5 Å². The molecular weight excluding hydrogens is 1510 g/mol. The topological polar surface area (TPSA) is 219 Å². The number of nitrogens with zero attached hydrogens (tertiary/aromatic N) is 10. The van der Waals surface area contributed by atoms with Gasteiger partial charge in [-0.25, -0.2) is 24.9 Å². The Labute approximate surface area is 692 Å². The number of phenolic OH excluding ortho intramolecular Hbond substituents is 2. The van der Waals surface area contributed by atoms with E-state index in [4.69, 9.17) is 62.0 Å². The van der Waals surface area contributed by atoms with Gasteiger partial charge in [-0.15, -0.1) is 11.3 Å². The van der Waals surface area contributed by atoms with Gasteiger partial charge in [0.15, 0.2) is 34.0 Å². The number of imidazole rings is 5. The zero-order chi connectivity index (χ0) is 79.9. The Morgan fingerprint density at radius 3 is 1.27 bits per heavy atom. The maximum absolute atomic E-state index is 10.2. The maximum atomic E-state index is 10.2. The smallest absolute Gasteiger partial charge is 0.194 e. The third-order valence-electron chi connectivity index (χ3n) is 22.3. The lowest BCUT2D eigenvalue weighted by Gasteiger charge is -2.24. The van der Waals surface area contributed by atoms with Gasteiger partial charge in [0.05, 0.1) is 24.8 Å². The summed E-state index contributed by atoms with van der Waals surface area (Å²) in [6, 6.07) is 59.1. The third kappa shape index (κ3) is 19.0. The molecule has 116 heavy (non-hydrogen) atoms.